The van der Waals surface area contributed by atoms with Gasteiger partial charge in [-0.25, -0.2) is 9.37 Å². The van der Waals surface area contributed by atoms with E-state index in [1.54, 1.807) is 24.4 Å². The van der Waals surface area contributed by atoms with E-state index in [4.69, 9.17) is 10.00 Å². The van der Waals surface area contributed by atoms with Crippen LogP contribution in [-0.2, 0) is 6.61 Å². The SMILES string of the molecule is N#COc1cccc(F)c1COc1ccccn1. The van der Waals surface area contributed by atoms with Crippen LogP contribution in [0.25, 0.3) is 0 Å². The van der Waals surface area contributed by atoms with Crippen molar-refractivity contribution in [1.82, 2.24) is 4.98 Å². The lowest BCUT2D eigenvalue weighted by atomic mass is 10.2. The molecule has 18 heavy (non-hydrogen) atoms. The van der Waals surface area contributed by atoms with E-state index < -0.39 is 5.82 Å². The second-order valence-electron chi connectivity index (χ2n) is 3.37. The van der Waals surface area contributed by atoms with Crippen LogP contribution in [0.5, 0.6) is 11.6 Å². The van der Waals surface area contributed by atoms with Gasteiger partial charge in [0.25, 0.3) is 6.26 Å². The quantitative estimate of drug-likeness (QED) is 0.776. The second-order valence-corrected chi connectivity index (χ2v) is 3.37. The molecule has 0 radical (unpaired) electrons. The average molecular weight is 244 g/mol. The number of benzene rings is 1. The molecule has 0 aliphatic rings. The number of hydrogen-bond donors (Lipinski definition) is 0. The van der Waals surface area contributed by atoms with E-state index in [9.17, 15) is 4.39 Å². The predicted molar refractivity (Wildman–Crippen MR) is 61.2 cm³/mol. The Hall–Kier alpha value is -2.61. The largest absolute Gasteiger partial charge is 0.473 e. The molecular weight excluding hydrogens is 235 g/mol. The lowest BCUT2D eigenvalue weighted by molar-refractivity contribution is 0.283. The van der Waals surface area contributed by atoms with Gasteiger partial charge in [0, 0.05) is 12.3 Å². The van der Waals surface area contributed by atoms with Crippen molar-refractivity contribution in [2.24, 2.45) is 0 Å². The number of hydrogen-bond acceptors (Lipinski definition) is 4. The molecule has 0 saturated carbocycles. The summed E-state index contributed by atoms with van der Waals surface area (Å²) in [5.74, 6) is 0.0378. The minimum atomic E-state index is -0.487. The minimum absolute atomic E-state index is 0.0549. The van der Waals surface area contributed by atoms with Crippen molar-refractivity contribution in [3.63, 3.8) is 0 Å². The Kier molecular flexibility index (Phi) is 3.72. The van der Waals surface area contributed by atoms with Crippen LogP contribution < -0.4 is 9.47 Å². The third kappa shape index (κ3) is 2.74. The molecule has 1 aromatic carbocycles. The van der Waals surface area contributed by atoms with Gasteiger partial charge in [-0.15, -0.1) is 5.26 Å². The summed E-state index contributed by atoms with van der Waals surface area (Å²) in [5, 5.41) is 8.47. The van der Waals surface area contributed by atoms with E-state index in [1.807, 2.05) is 0 Å². The first kappa shape index (κ1) is 11.9. The van der Waals surface area contributed by atoms with Crippen molar-refractivity contribution in [3.05, 3.63) is 54.0 Å². The Bertz CT molecular complexity index is 567. The molecule has 0 saturated heterocycles. The van der Waals surface area contributed by atoms with Gasteiger partial charge in [0.1, 0.15) is 12.4 Å². The van der Waals surface area contributed by atoms with E-state index in [0.29, 0.717) is 5.88 Å². The minimum Gasteiger partial charge on any atom is -0.473 e. The number of rotatable bonds is 4. The van der Waals surface area contributed by atoms with E-state index in [0.717, 1.165) is 0 Å². The van der Waals surface area contributed by atoms with Gasteiger partial charge < -0.3 is 9.47 Å². The molecule has 2 rings (SSSR count). The maximum Gasteiger partial charge on any atom is 0.292 e. The Morgan fingerprint density at radius 1 is 1.22 bits per heavy atom. The molecule has 0 bridgehead atoms. The van der Waals surface area contributed by atoms with Gasteiger partial charge in [0.05, 0.1) is 5.56 Å². The summed E-state index contributed by atoms with van der Waals surface area (Å²) in [6, 6.07) is 9.42. The molecule has 0 unspecified atom stereocenters. The number of pyridine rings is 1. The number of halogens is 1. The molecule has 90 valence electrons. The van der Waals surface area contributed by atoms with Gasteiger partial charge in [-0.1, -0.05) is 12.1 Å². The zero-order valence-corrected chi connectivity index (χ0v) is 9.34. The first-order chi connectivity index (χ1) is 8.81. The molecule has 0 aliphatic carbocycles. The number of ether oxygens (including phenoxy) is 2. The van der Waals surface area contributed by atoms with Gasteiger partial charge in [0.2, 0.25) is 5.88 Å². The van der Waals surface area contributed by atoms with E-state index in [2.05, 4.69) is 9.72 Å². The van der Waals surface area contributed by atoms with Crippen molar-refractivity contribution in [1.29, 1.82) is 5.26 Å². The molecule has 2 aromatic rings. The molecule has 1 aromatic heterocycles. The van der Waals surface area contributed by atoms with Crippen LogP contribution in [-0.4, -0.2) is 4.98 Å². The maximum atomic E-state index is 13.6. The lowest BCUT2D eigenvalue weighted by Gasteiger charge is -2.08. The van der Waals surface area contributed by atoms with Gasteiger partial charge in [-0.3, -0.25) is 0 Å². The van der Waals surface area contributed by atoms with Crippen molar-refractivity contribution < 1.29 is 13.9 Å². The summed E-state index contributed by atoms with van der Waals surface area (Å²) in [6.07, 6.45) is 3.08. The topological polar surface area (TPSA) is 55.1 Å². The third-order valence-corrected chi connectivity index (χ3v) is 2.23. The predicted octanol–water partition coefficient (Wildman–Crippen LogP) is 2.66. The molecule has 0 spiro atoms. The summed E-state index contributed by atoms with van der Waals surface area (Å²) in [6.45, 7) is -0.0549. The van der Waals surface area contributed by atoms with Crippen LogP contribution in [0.4, 0.5) is 4.39 Å². The first-order valence-electron chi connectivity index (χ1n) is 5.18. The van der Waals surface area contributed by atoms with Crippen molar-refractivity contribution >= 4 is 0 Å². The molecular formula is C13H9FN2O2. The van der Waals surface area contributed by atoms with Gasteiger partial charge in [-0.2, -0.15) is 0 Å². The summed E-state index contributed by atoms with van der Waals surface area (Å²) >= 11 is 0. The normalized spacial score (nSPS) is 9.56. The molecule has 1 heterocycles. The third-order valence-electron chi connectivity index (χ3n) is 2.23. The fourth-order valence-corrected chi connectivity index (χ4v) is 1.40. The molecule has 0 atom stereocenters. The Labute approximate surface area is 103 Å². The standard InChI is InChI=1S/C13H9FN2O2/c14-11-4-3-5-12(18-9-15)10(11)8-17-13-6-1-2-7-16-13/h1-7H,8H2. The Balaban J connectivity index is 2.16. The smallest absolute Gasteiger partial charge is 0.292 e. The van der Waals surface area contributed by atoms with Crippen LogP contribution in [0.15, 0.2) is 42.6 Å². The van der Waals surface area contributed by atoms with E-state index >= 15 is 0 Å². The van der Waals surface area contributed by atoms with Crippen molar-refractivity contribution in [2.45, 2.75) is 6.61 Å². The van der Waals surface area contributed by atoms with Crippen LogP contribution in [0.3, 0.4) is 0 Å². The molecule has 0 aliphatic heterocycles. The highest BCUT2D eigenvalue weighted by Crippen LogP contribution is 2.22. The highest BCUT2D eigenvalue weighted by molar-refractivity contribution is 5.35. The zero-order valence-electron chi connectivity index (χ0n) is 9.34. The van der Waals surface area contributed by atoms with Crippen molar-refractivity contribution in [2.75, 3.05) is 0 Å². The summed E-state index contributed by atoms with van der Waals surface area (Å²) in [7, 11) is 0. The molecule has 4 nitrogen and oxygen atoms in total. The van der Waals surface area contributed by atoms with Crippen LogP contribution in [0, 0.1) is 17.3 Å². The highest BCUT2D eigenvalue weighted by Gasteiger charge is 2.11. The van der Waals surface area contributed by atoms with Crippen LogP contribution in [0.2, 0.25) is 0 Å². The maximum absolute atomic E-state index is 13.6. The number of nitrogens with zero attached hydrogens (tertiary/aromatic N) is 2. The van der Waals surface area contributed by atoms with Crippen LogP contribution in [0.1, 0.15) is 5.56 Å². The van der Waals surface area contributed by atoms with E-state index in [1.165, 1.54) is 24.5 Å². The van der Waals surface area contributed by atoms with Crippen LogP contribution >= 0.6 is 0 Å². The molecule has 0 amide bonds. The Morgan fingerprint density at radius 2 is 2.11 bits per heavy atom. The molecule has 0 fully saturated rings. The van der Waals surface area contributed by atoms with Gasteiger partial charge >= 0.3 is 0 Å². The van der Waals surface area contributed by atoms with Gasteiger partial charge in [-0.05, 0) is 18.2 Å². The first-order valence-corrected chi connectivity index (χ1v) is 5.18. The second kappa shape index (κ2) is 5.64. The molecule has 0 N–H and O–H groups in total. The number of nitriles is 1. The van der Waals surface area contributed by atoms with E-state index in [-0.39, 0.29) is 17.9 Å². The fourth-order valence-electron chi connectivity index (χ4n) is 1.40. The summed E-state index contributed by atoms with van der Waals surface area (Å²) in [4.78, 5) is 3.95. The summed E-state index contributed by atoms with van der Waals surface area (Å²) in [5.41, 5.74) is 0.185. The summed E-state index contributed by atoms with van der Waals surface area (Å²) < 4.78 is 23.6. The number of aromatic nitrogens is 1. The molecule has 5 heteroatoms. The van der Waals surface area contributed by atoms with Crippen molar-refractivity contribution in [3.8, 4) is 17.9 Å². The fraction of sp³-hybridized carbons (Fsp3) is 0.0769. The average Bonchev–Trinajstić information content (AvgIpc) is 2.40. The Morgan fingerprint density at radius 3 is 2.83 bits per heavy atom. The zero-order chi connectivity index (χ0) is 12.8. The van der Waals surface area contributed by atoms with Gasteiger partial charge in [0.15, 0.2) is 5.75 Å². The lowest BCUT2D eigenvalue weighted by Crippen LogP contribution is -2.02. The monoisotopic (exact) mass is 244 g/mol. The highest BCUT2D eigenvalue weighted by atomic mass is 19.1.